The molecule has 144 valence electrons. The molecule has 0 aliphatic carbocycles. The van der Waals surface area contributed by atoms with Gasteiger partial charge in [0.2, 0.25) is 0 Å². The monoisotopic (exact) mass is 380 g/mol. The number of hydrogen-bond donors (Lipinski definition) is 2. The summed E-state index contributed by atoms with van der Waals surface area (Å²) in [6, 6.07) is 14.7. The number of H-pyrrole nitrogens is 2. The fraction of sp³-hybridized carbons (Fsp3) is 0.200. The molecule has 3 aromatic heterocycles. The van der Waals surface area contributed by atoms with E-state index >= 15 is 0 Å². The summed E-state index contributed by atoms with van der Waals surface area (Å²) in [4.78, 5) is 16.6. The summed E-state index contributed by atoms with van der Waals surface area (Å²) in [7, 11) is 0. The van der Waals surface area contributed by atoms with Gasteiger partial charge in [-0.1, -0.05) is 19.8 Å². The summed E-state index contributed by atoms with van der Waals surface area (Å²) in [5, 5.41) is 0. The number of hydrogen-bond acceptors (Lipinski definition) is 2. The molecular weight excluding hydrogens is 356 g/mol. The van der Waals surface area contributed by atoms with Gasteiger partial charge < -0.3 is 9.97 Å². The minimum Gasteiger partial charge on any atom is -0.355 e. The largest absolute Gasteiger partial charge is 0.355 e. The quantitative estimate of drug-likeness (QED) is 0.355. The predicted octanol–water partition coefficient (Wildman–Crippen LogP) is 6.39. The molecule has 2 N–H and O–H groups in total. The Morgan fingerprint density at radius 1 is 0.690 bits per heavy atom. The number of nitrogens with zero attached hydrogens (tertiary/aromatic N) is 2. The molecule has 3 aromatic rings. The van der Waals surface area contributed by atoms with Gasteiger partial charge in [-0.2, -0.15) is 0 Å². The highest BCUT2D eigenvalue weighted by atomic mass is 14.8. The molecule has 0 unspecified atom stereocenters. The van der Waals surface area contributed by atoms with Crippen molar-refractivity contribution < 1.29 is 0 Å². The number of aryl methyl sites for hydroxylation is 1. The van der Waals surface area contributed by atoms with Crippen molar-refractivity contribution in [1.82, 2.24) is 19.9 Å². The van der Waals surface area contributed by atoms with Gasteiger partial charge >= 0.3 is 0 Å². The number of aromatic amines is 2. The first-order chi connectivity index (χ1) is 14.3. The highest BCUT2D eigenvalue weighted by Gasteiger charge is 2.09. The van der Waals surface area contributed by atoms with Gasteiger partial charge in [-0.05, 0) is 79.6 Å². The molecular formula is C25H24N4. The van der Waals surface area contributed by atoms with Crippen molar-refractivity contribution in [3.63, 3.8) is 0 Å². The number of aromatic nitrogens is 4. The second-order valence-corrected chi connectivity index (χ2v) is 7.62. The summed E-state index contributed by atoms with van der Waals surface area (Å²) in [5.41, 5.74) is 9.49. The number of fused-ring (bicyclic) bond motifs is 8. The van der Waals surface area contributed by atoms with Crippen LogP contribution in [-0.4, -0.2) is 19.9 Å². The highest BCUT2D eigenvalue weighted by Crippen LogP contribution is 2.22. The Morgan fingerprint density at radius 3 is 2.24 bits per heavy atom. The zero-order valence-electron chi connectivity index (χ0n) is 16.6. The van der Waals surface area contributed by atoms with E-state index in [1.807, 2.05) is 18.2 Å². The maximum absolute atomic E-state index is 4.90. The van der Waals surface area contributed by atoms with Gasteiger partial charge in [0.15, 0.2) is 0 Å². The van der Waals surface area contributed by atoms with Gasteiger partial charge in [-0.25, -0.2) is 9.97 Å². The molecule has 0 aromatic carbocycles. The second-order valence-electron chi connectivity index (χ2n) is 7.62. The van der Waals surface area contributed by atoms with E-state index in [1.54, 1.807) is 0 Å². The smallest absolute Gasteiger partial charge is 0.0690 e. The molecule has 0 spiro atoms. The van der Waals surface area contributed by atoms with E-state index < -0.39 is 0 Å². The van der Waals surface area contributed by atoms with Gasteiger partial charge in [-0.3, -0.25) is 0 Å². The number of unbranched alkanes of at least 4 members (excludes halogenated alkanes) is 2. The third-order valence-electron chi connectivity index (χ3n) is 5.36. The van der Waals surface area contributed by atoms with Crippen LogP contribution in [0.4, 0.5) is 0 Å². The van der Waals surface area contributed by atoms with Gasteiger partial charge in [0.25, 0.3) is 0 Å². The molecule has 0 amide bonds. The molecule has 0 saturated heterocycles. The van der Waals surface area contributed by atoms with Crippen LogP contribution in [0.3, 0.4) is 0 Å². The minimum atomic E-state index is 0.932. The third kappa shape index (κ3) is 3.79. The van der Waals surface area contributed by atoms with Crippen LogP contribution >= 0.6 is 0 Å². The molecule has 5 heterocycles. The van der Waals surface area contributed by atoms with E-state index in [9.17, 15) is 0 Å². The molecule has 4 nitrogen and oxygen atoms in total. The fourth-order valence-electron chi connectivity index (χ4n) is 3.88. The van der Waals surface area contributed by atoms with Crippen LogP contribution < -0.4 is 0 Å². The fourth-order valence-corrected chi connectivity index (χ4v) is 3.88. The zero-order valence-corrected chi connectivity index (χ0v) is 16.6. The van der Waals surface area contributed by atoms with Crippen molar-refractivity contribution in [3.8, 4) is 0 Å². The number of rotatable bonds is 4. The minimum absolute atomic E-state index is 0.932. The molecule has 0 saturated carbocycles. The van der Waals surface area contributed by atoms with E-state index in [2.05, 4.69) is 65.4 Å². The first-order valence-corrected chi connectivity index (χ1v) is 10.3. The molecule has 2 aliphatic heterocycles. The van der Waals surface area contributed by atoms with E-state index in [0.717, 1.165) is 51.3 Å². The van der Waals surface area contributed by atoms with Crippen LogP contribution in [0.25, 0.3) is 46.4 Å². The summed E-state index contributed by atoms with van der Waals surface area (Å²) in [5.74, 6) is 0. The molecule has 0 radical (unpaired) electrons. The van der Waals surface area contributed by atoms with Crippen molar-refractivity contribution in [3.05, 3.63) is 70.8 Å². The van der Waals surface area contributed by atoms with Crippen LogP contribution in [0.1, 0.15) is 54.5 Å². The summed E-state index contributed by atoms with van der Waals surface area (Å²) >= 11 is 0. The van der Waals surface area contributed by atoms with E-state index in [-0.39, 0.29) is 0 Å². The van der Waals surface area contributed by atoms with Crippen LogP contribution in [0.15, 0.2) is 42.5 Å². The van der Waals surface area contributed by atoms with Crippen LogP contribution in [-0.2, 0) is 6.42 Å². The molecule has 4 heteroatoms. The average molecular weight is 380 g/mol. The summed E-state index contributed by atoms with van der Waals surface area (Å²) in [6.07, 6.45) is 12.9. The third-order valence-corrected chi connectivity index (χ3v) is 5.36. The normalized spacial score (nSPS) is 12.6. The Hall–Kier alpha value is -3.40. The van der Waals surface area contributed by atoms with Crippen LogP contribution in [0.2, 0.25) is 0 Å². The lowest BCUT2D eigenvalue weighted by Crippen LogP contribution is -1.91. The lowest BCUT2D eigenvalue weighted by molar-refractivity contribution is 0.717. The van der Waals surface area contributed by atoms with E-state index in [4.69, 9.17) is 9.97 Å². The molecule has 5 rings (SSSR count). The van der Waals surface area contributed by atoms with Gasteiger partial charge in [-0.15, -0.1) is 0 Å². The topological polar surface area (TPSA) is 57.4 Å². The Labute approximate surface area is 170 Å². The molecule has 29 heavy (non-hydrogen) atoms. The first kappa shape index (κ1) is 17.7. The number of nitrogens with one attached hydrogen (secondary N) is 2. The van der Waals surface area contributed by atoms with E-state index in [1.165, 1.54) is 24.8 Å². The van der Waals surface area contributed by atoms with E-state index in [0.29, 0.717) is 0 Å². The lowest BCUT2D eigenvalue weighted by Gasteiger charge is -2.02. The first-order valence-electron chi connectivity index (χ1n) is 10.3. The Kier molecular flexibility index (Phi) is 4.60. The van der Waals surface area contributed by atoms with Crippen molar-refractivity contribution in [2.75, 3.05) is 0 Å². The van der Waals surface area contributed by atoms with Gasteiger partial charge in [0.05, 0.1) is 22.8 Å². The maximum atomic E-state index is 4.90. The maximum Gasteiger partial charge on any atom is 0.0690 e. The zero-order chi connectivity index (χ0) is 19.6. The SMILES string of the molecule is CCCCCc1c2nc(cc3nc(cc4ccc(cc5ccc1[nH]5)[nH]4)C=C3)C=C2. The standard InChI is InChI=1S/C25H24N4/c1-2-3-4-5-23-24-12-10-21(28-24)15-19-8-6-17(26-19)14-18-7-9-20(27-18)16-22-11-13-25(23)29-22/h6-16,26,28H,2-5H2,1H3. The lowest BCUT2D eigenvalue weighted by atomic mass is 10.1. The molecule has 2 aliphatic rings. The van der Waals surface area contributed by atoms with Crippen molar-refractivity contribution in [2.24, 2.45) is 0 Å². The van der Waals surface area contributed by atoms with Gasteiger partial charge in [0.1, 0.15) is 0 Å². The van der Waals surface area contributed by atoms with Crippen LogP contribution in [0, 0.1) is 0 Å². The summed E-state index contributed by atoms with van der Waals surface area (Å²) in [6.45, 7) is 2.24. The molecule has 0 atom stereocenters. The van der Waals surface area contributed by atoms with Gasteiger partial charge in [0, 0.05) is 27.6 Å². The predicted molar refractivity (Wildman–Crippen MR) is 122 cm³/mol. The molecule has 0 fully saturated rings. The van der Waals surface area contributed by atoms with Crippen LogP contribution in [0.5, 0.6) is 0 Å². The van der Waals surface area contributed by atoms with Crippen molar-refractivity contribution in [1.29, 1.82) is 0 Å². The highest BCUT2D eigenvalue weighted by molar-refractivity contribution is 5.79. The Bertz CT molecular complexity index is 1270. The summed E-state index contributed by atoms with van der Waals surface area (Å²) < 4.78 is 0. The average Bonchev–Trinajstić information content (AvgIpc) is 3.49. The Morgan fingerprint density at radius 2 is 1.38 bits per heavy atom. The van der Waals surface area contributed by atoms with Crippen molar-refractivity contribution >= 4 is 46.4 Å². The molecule has 8 bridgehead atoms. The van der Waals surface area contributed by atoms with Crippen molar-refractivity contribution in [2.45, 2.75) is 32.6 Å². The Balaban J connectivity index is 1.77. The second kappa shape index (κ2) is 7.55.